The number of hydrogen-bond acceptors (Lipinski definition) is 5. The molecule has 0 bridgehead atoms. The van der Waals surface area contributed by atoms with E-state index in [1.807, 2.05) is 21.1 Å². The topological polar surface area (TPSA) is 82.1 Å². The van der Waals surface area contributed by atoms with Gasteiger partial charge in [-0.05, 0) is 6.92 Å². The Labute approximate surface area is 114 Å². The van der Waals surface area contributed by atoms with Crippen molar-refractivity contribution in [2.24, 2.45) is 0 Å². The van der Waals surface area contributed by atoms with Crippen molar-refractivity contribution in [3.8, 4) is 0 Å². The number of nitrogens with zero attached hydrogens (tertiary/aromatic N) is 1. The maximum Gasteiger partial charge on any atom is 0.472 e. The Morgan fingerprint density at radius 1 is 1.21 bits per heavy atom. The zero-order chi connectivity index (χ0) is 14.9. The number of esters is 1. The van der Waals surface area contributed by atoms with Gasteiger partial charge in [-0.3, -0.25) is 9.05 Å². The smallest absolute Gasteiger partial charge is 0.460 e. The second-order valence-corrected chi connectivity index (χ2v) is 6.27. The van der Waals surface area contributed by atoms with Crippen LogP contribution in [0.5, 0.6) is 0 Å². The first-order valence-corrected chi connectivity index (χ1v) is 7.37. The highest BCUT2D eigenvalue weighted by atomic mass is 31.2. The number of phosphoric acid groups is 1. The van der Waals surface area contributed by atoms with Gasteiger partial charge in [0.1, 0.15) is 19.8 Å². The highest BCUT2D eigenvalue weighted by Gasteiger charge is 2.22. The highest BCUT2D eigenvalue weighted by Crippen LogP contribution is 2.42. The summed E-state index contributed by atoms with van der Waals surface area (Å²) in [6.45, 7) is 2.06. The van der Waals surface area contributed by atoms with Gasteiger partial charge in [0.25, 0.3) is 0 Å². The molecule has 0 amide bonds. The lowest BCUT2D eigenvalue weighted by atomic mass is 10.5. The van der Waals surface area contributed by atoms with Crippen LogP contribution in [0, 0.1) is 0 Å². The lowest BCUT2D eigenvalue weighted by molar-refractivity contribution is -0.870. The SMILES string of the molecule is C/C=C/C(=O)OCCOP(=O)(O)OCC[N+](C)(C)C. The number of carbonyl (C=O) groups excluding carboxylic acids is 1. The Bertz CT molecular complexity index is 350. The predicted molar refractivity (Wildman–Crippen MR) is 70.4 cm³/mol. The number of likely N-dealkylation sites (N-methyl/N-ethyl adjacent to an activating group) is 1. The normalized spacial score (nSPS) is 15.4. The molecule has 19 heavy (non-hydrogen) atoms. The first-order valence-electron chi connectivity index (χ1n) is 5.88. The molecule has 0 spiro atoms. The molecule has 0 rings (SSSR count). The zero-order valence-corrected chi connectivity index (χ0v) is 12.8. The van der Waals surface area contributed by atoms with Gasteiger partial charge < -0.3 is 14.1 Å². The summed E-state index contributed by atoms with van der Waals surface area (Å²) in [5.41, 5.74) is 0. The van der Waals surface area contributed by atoms with Gasteiger partial charge in [0.2, 0.25) is 0 Å². The van der Waals surface area contributed by atoms with Crippen molar-refractivity contribution in [2.45, 2.75) is 6.92 Å². The van der Waals surface area contributed by atoms with Crippen molar-refractivity contribution in [2.75, 3.05) is 47.5 Å². The third kappa shape index (κ3) is 12.1. The molecule has 0 aromatic carbocycles. The molecular weight excluding hydrogens is 273 g/mol. The molecule has 112 valence electrons. The molecule has 0 aliphatic rings. The molecule has 0 aromatic heterocycles. The molecule has 0 aromatic rings. The second-order valence-electron chi connectivity index (χ2n) is 4.82. The summed E-state index contributed by atoms with van der Waals surface area (Å²) in [6, 6.07) is 0. The fourth-order valence-corrected chi connectivity index (χ4v) is 1.64. The average Bonchev–Trinajstić information content (AvgIpc) is 2.22. The van der Waals surface area contributed by atoms with Crippen LogP contribution in [0.25, 0.3) is 0 Å². The standard InChI is InChI=1S/C11H22NO6P/c1-5-6-11(13)16-9-10-18-19(14,15)17-8-7-12(2,3)4/h5-6H,7-10H2,1-4H3/p+1/b6-5+. The Morgan fingerprint density at radius 2 is 1.79 bits per heavy atom. The minimum Gasteiger partial charge on any atom is -0.460 e. The predicted octanol–water partition coefficient (Wildman–Crippen LogP) is 0.945. The first kappa shape index (κ1) is 18.3. The monoisotopic (exact) mass is 296 g/mol. The van der Waals surface area contributed by atoms with Crippen LogP contribution < -0.4 is 0 Å². The van der Waals surface area contributed by atoms with Gasteiger partial charge in [0, 0.05) is 6.08 Å². The van der Waals surface area contributed by atoms with E-state index in [-0.39, 0.29) is 19.8 Å². The molecule has 0 aliphatic carbocycles. The largest absolute Gasteiger partial charge is 0.472 e. The van der Waals surface area contributed by atoms with Crippen LogP contribution in [0.3, 0.4) is 0 Å². The molecule has 1 unspecified atom stereocenters. The van der Waals surface area contributed by atoms with Crippen molar-refractivity contribution in [1.82, 2.24) is 0 Å². The fraction of sp³-hybridized carbons (Fsp3) is 0.727. The van der Waals surface area contributed by atoms with E-state index in [1.165, 1.54) is 12.2 Å². The van der Waals surface area contributed by atoms with E-state index in [0.717, 1.165) is 0 Å². The number of allylic oxidation sites excluding steroid dienone is 1. The minimum absolute atomic E-state index is 0.105. The number of carbonyl (C=O) groups is 1. The van der Waals surface area contributed by atoms with E-state index in [1.54, 1.807) is 6.92 Å². The number of ether oxygens (including phenoxy) is 1. The van der Waals surface area contributed by atoms with Gasteiger partial charge >= 0.3 is 13.8 Å². The molecule has 1 N–H and O–H groups in total. The van der Waals surface area contributed by atoms with Crippen molar-refractivity contribution >= 4 is 13.8 Å². The molecular formula is C11H23NO6P+. The van der Waals surface area contributed by atoms with Crippen molar-refractivity contribution in [3.63, 3.8) is 0 Å². The number of rotatable bonds is 9. The van der Waals surface area contributed by atoms with E-state index in [4.69, 9.17) is 9.26 Å². The summed E-state index contributed by atoms with van der Waals surface area (Å²) in [5, 5.41) is 0. The average molecular weight is 296 g/mol. The van der Waals surface area contributed by atoms with E-state index in [0.29, 0.717) is 11.0 Å². The van der Waals surface area contributed by atoms with Crippen LogP contribution >= 0.6 is 7.82 Å². The third-order valence-corrected chi connectivity index (χ3v) is 2.92. The van der Waals surface area contributed by atoms with Crippen LogP contribution in [0.4, 0.5) is 0 Å². The van der Waals surface area contributed by atoms with E-state index in [2.05, 4.69) is 4.52 Å². The van der Waals surface area contributed by atoms with Gasteiger partial charge in [-0.15, -0.1) is 0 Å². The molecule has 0 saturated heterocycles. The van der Waals surface area contributed by atoms with Crippen LogP contribution in [0.15, 0.2) is 12.2 Å². The van der Waals surface area contributed by atoms with Crippen LogP contribution in [-0.2, 0) is 23.1 Å². The Hall–Kier alpha value is -0.720. The summed E-state index contributed by atoms with van der Waals surface area (Å²) in [7, 11) is 1.74. The summed E-state index contributed by atoms with van der Waals surface area (Å²) in [4.78, 5) is 20.3. The molecule has 0 saturated carbocycles. The molecule has 1 atom stereocenters. The van der Waals surface area contributed by atoms with Gasteiger partial charge in [-0.2, -0.15) is 0 Å². The molecule has 0 fully saturated rings. The van der Waals surface area contributed by atoms with Crippen molar-refractivity contribution in [1.29, 1.82) is 0 Å². The molecule has 0 aliphatic heterocycles. The maximum absolute atomic E-state index is 11.4. The highest BCUT2D eigenvalue weighted by molar-refractivity contribution is 7.47. The Kier molecular flexibility index (Phi) is 8.13. The van der Waals surface area contributed by atoms with Gasteiger partial charge in [-0.1, -0.05) is 6.08 Å². The van der Waals surface area contributed by atoms with E-state index >= 15 is 0 Å². The van der Waals surface area contributed by atoms with Crippen LogP contribution in [-0.4, -0.2) is 62.9 Å². The molecule has 7 nitrogen and oxygen atoms in total. The van der Waals surface area contributed by atoms with Crippen molar-refractivity contribution in [3.05, 3.63) is 12.2 Å². The van der Waals surface area contributed by atoms with Gasteiger partial charge in [0.05, 0.1) is 27.7 Å². The van der Waals surface area contributed by atoms with Crippen LogP contribution in [0.2, 0.25) is 0 Å². The van der Waals surface area contributed by atoms with E-state index < -0.39 is 13.8 Å². The quantitative estimate of drug-likeness (QED) is 0.224. The summed E-state index contributed by atoms with van der Waals surface area (Å²) < 4.78 is 26.2. The lowest BCUT2D eigenvalue weighted by Crippen LogP contribution is -2.37. The third-order valence-electron chi connectivity index (χ3n) is 1.90. The fourth-order valence-electron chi connectivity index (χ4n) is 0.946. The van der Waals surface area contributed by atoms with Gasteiger partial charge in [0.15, 0.2) is 0 Å². The molecule has 0 heterocycles. The number of hydrogen-bond donors (Lipinski definition) is 1. The summed E-state index contributed by atoms with van der Waals surface area (Å²) in [6.07, 6.45) is 2.78. The van der Waals surface area contributed by atoms with Crippen LogP contribution in [0.1, 0.15) is 6.92 Å². The Morgan fingerprint density at radius 3 is 2.32 bits per heavy atom. The number of quaternary nitrogens is 1. The number of phosphoric ester groups is 1. The zero-order valence-electron chi connectivity index (χ0n) is 11.9. The van der Waals surface area contributed by atoms with Gasteiger partial charge in [-0.25, -0.2) is 9.36 Å². The maximum atomic E-state index is 11.4. The summed E-state index contributed by atoms with van der Waals surface area (Å²) in [5.74, 6) is -0.523. The first-order chi connectivity index (χ1) is 8.66. The summed E-state index contributed by atoms with van der Waals surface area (Å²) >= 11 is 0. The molecule has 0 radical (unpaired) electrons. The van der Waals surface area contributed by atoms with Crippen molar-refractivity contribution < 1.29 is 32.5 Å². The lowest BCUT2D eigenvalue weighted by Gasteiger charge is -2.23. The second kappa shape index (κ2) is 8.45. The minimum atomic E-state index is -4.07. The Balaban J connectivity index is 3.79. The molecule has 8 heteroatoms. The van der Waals surface area contributed by atoms with E-state index in [9.17, 15) is 14.3 Å².